The molecule has 1 saturated heterocycles. The Hall–Kier alpha value is -3.04. The van der Waals surface area contributed by atoms with Crippen LogP contribution in [0.3, 0.4) is 0 Å². The number of carbonyl (C=O) groups is 2. The number of hydrogen-bond donors (Lipinski definition) is 4. The van der Waals surface area contributed by atoms with Crippen molar-refractivity contribution in [1.29, 1.82) is 0 Å². The van der Waals surface area contributed by atoms with Gasteiger partial charge in [-0.2, -0.15) is 0 Å². The van der Waals surface area contributed by atoms with Crippen molar-refractivity contribution in [1.82, 2.24) is 10.6 Å². The van der Waals surface area contributed by atoms with Gasteiger partial charge in [0.05, 0.1) is 24.3 Å². The molecule has 1 heterocycles. The number of aliphatic hydroxyl groups excluding tert-OH is 1. The zero-order valence-corrected chi connectivity index (χ0v) is 16.8. The number of ether oxygens (including phenoxy) is 1. The molecule has 0 aromatic heterocycles. The maximum Gasteiger partial charge on any atom is 0.319 e. The van der Waals surface area contributed by atoms with Gasteiger partial charge in [0.15, 0.2) is 0 Å². The Morgan fingerprint density at radius 2 is 1.81 bits per heavy atom. The number of urea groups is 1. The molecule has 3 atom stereocenters. The molecule has 1 aliphatic heterocycles. The number of rotatable bonds is 7. The van der Waals surface area contributed by atoms with Crippen LogP contribution in [-0.2, 0) is 4.74 Å². The Balaban J connectivity index is 1.43. The molecule has 2 aromatic rings. The molecule has 0 unspecified atom stereocenters. The summed E-state index contributed by atoms with van der Waals surface area (Å²) in [4.78, 5) is 24.2. The normalized spacial score (nSPS) is 20.7. The van der Waals surface area contributed by atoms with Crippen LogP contribution >= 0.6 is 0 Å². The summed E-state index contributed by atoms with van der Waals surface area (Å²) < 4.78 is 32.5. The maximum atomic E-state index is 13.7. The summed E-state index contributed by atoms with van der Waals surface area (Å²) in [6, 6.07) is 10.2. The Bertz CT molecular complexity index is 895. The molecule has 7 nitrogen and oxygen atoms in total. The first-order valence-electron chi connectivity index (χ1n) is 10.1. The van der Waals surface area contributed by atoms with E-state index in [1.165, 1.54) is 42.5 Å². The number of carbonyl (C=O) groups excluding carboxylic acids is 2. The second-order valence-electron chi connectivity index (χ2n) is 7.29. The van der Waals surface area contributed by atoms with Crippen LogP contribution in [0.2, 0.25) is 0 Å². The Morgan fingerprint density at radius 3 is 2.52 bits per heavy atom. The van der Waals surface area contributed by atoms with E-state index in [-0.39, 0.29) is 18.3 Å². The van der Waals surface area contributed by atoms with E-state index in [1.54, 1.807) is 6.07 Å². The van der Waals surface area contributed by atoms with Crippen LogP contribution in [0.15, 0.2) is 48.5 Å². The van der Waals surface area contributed by atoms with Gasteiger partial charge in [0, 0.05) is 12.2 Å². The molecule has 31 heavy (non-hydrogen) atoms. The van der Waals surface area contributed by atoms with Crippen molar-refractivity contribution < 1.29 is 28.2 Å². The van der Waals surface area contributed by atoms with E-state index in [9.17, 15) is 23.5 Å². The summed E-state index contributed by atoms with van der Waals surface area (Å²) in [6.07, 6.45) is 0.878. The van der Waals surface area contributed by atoms with Crippen molar-refractivity contribution in [2.45, 2.75) is 37.5 Å². The molecular formula is C22H25F2N3O4. The highest BCUT2D eigenvalue weighted by atomic mass is 19.1. The van der Waals surface area contributed by atoms with Crippen LogP contribution in [0.1, 0.15) is 29.6 Å². The van der Waals surface area contributed by atoms with Gasteiger partial charge in [-0.15, -0.1) is 0 Å². The summed E-state index contributed by atoms with van der Waals surface area (Å²) in [5.74, 6) is -1.48. The SMILES string of the molecule is O=C(Nc1ccc(F)cc1)N[C@@H]1CC[C@H](CCNC(=O)c2ccccc2F)O[C@@H]1CO. The van der Waals surface area contributed by atoms with Crippen molar-refractivity contribution in [2.24, 2.45) is 0 Å². The van der Waals surface area contributed by atoms with Crippen molar-refractivity contribution in [3.05, 3.63) is 65.7 Å². The zero-order valence-electron chi connectivity index (χ0n) is 16.8. The molecule has 0 spiro atoms. The van der Waals surface area contributed by atoms with E-state index >= 15 is 0 Å². The minimum Gasteiger partial charge on any atom is -0.394 e. The Kier molecular flexibility index (Phi) is 7.91. The van der Waals surface area contributed by atoms with Gasteiger partial charge < -0.3 is 25.8 Å². The molecule has 1 aliphatic rings. The summed E-state index contributed by atoms with van der Waals surface area (Å²) >= 11 is 0. The zero-order chi connectivity index (χ0) is 22.2. The highest BCUT2D eigenvalue weighted by molar-refractivity contribution is 5.94. The fourth-order valence-corrected chi connectivity index (χ4v) is 3.47. The van der Waals surface area contributed by atoms with Crippen LogP contribution < -0.4 is 16.0 Å². The number of benzene rings is 2. The fraction of sp³-hybridized carbons (Fsp3) is 0.364. The minimum atomic E-state index is -0.597. The molecular weight excluding hydrogens is 408 g/mol. The fourth-order valence-electron chi connectivity index (χ4n) is 3.47. The lowest BCUT2D eigenvalue weighted by Gasteiger charge is -2.36. The second-order valence-corrected chi connectivity index (χ2v) is 7.29. The van der Waals surface area contributed by atoms with Crippen molar-refractivity contribution in [3.8, 4) is 0 Å². The van der Waals surface area contributed by atoms with Gasteiger partial charge in [0.1, 0.15) is 17.7 Å². The third kappa shape index (κ3) is 6.47. The first-order valence-corrected chi connectivity index (χ1v) is 10.1. The lowest BCUT2D eigenvalue weighted by molar-refractivity contribution is -0.0886. The molecule has 3 rings (SSSR count). The maximum absolute atomic E-state index is 13.7. The number of nitrogens with one attached hydrogen (secondary N) is 3. The average molecular weight is 433 g/mol. The van der Waals surface area contributed by atoms with Crippen molar-refractivity contribution >= 4 is 17.6 Å². The number of halogens is 2. The summed E-state index contributed by atoms with van der Waals surface area (Å²) in [5.41, 5.74) is 0.427. The first-order chi connectivity index (χ1) is 15.0. The largest absolute Gasteiger partial charge is 0.394 e. The molecule has 0 aliphatic carbocycles. The second kappa shape index (κ2) is 10.8. The lowest BCUT2D eigenvalue weighted by Crippen LogP contribution is -2.52. The average Bonchev–Trinajstić information content (AvgIpc) is 2.76. The highest BCUT2D eigenvalue weighted by Crippen LogP contribution is 2.22. The van der Waals surface area contributed by atoms with E-state index in [4.69, 9.17) is 4.74 Å². The van der Waals surface area contributed by atoms with Gasteiger partial charge in [0.2, 0.25) is 0 Å². The molecule has 0 saturated carbocycles. The smallest absolute Gasteiger partial charge is 0.319 e. The predicted octanol–water partition coefficient (Wildman–Crippen LogP) is 2.81. The minimum absolute atomic E-state index is 0.0169. The molecule has 0 bridgehead atoms. The lowest BCUT2D eigenvalue weighted by atomic mass is 9.97. The molecule has 3 amide bonds. The van der Waals surface area contributed by atoms with Crippen molar-refractivity contribution in [2.75, 3.05) is 18.5 Å². The number of anilines is 1. The van der Waals surface area contributed by atoms with Crippen LogP contribution in [0.4, 0.5) is 19.3 Å². The van der Waals surface area contributed by atoms with Gasteiger partial charge in [-0.1, -0.05) is 12.1 Å². The molecule has 2 aromatic carbocycles. The molecule has 4 N–H and O–H groups in total. The number of hydrogen-bond acceptors (Lipinski definition) is 4. The van der Waals surface area contributed by atoms with Gasteiger partial charge in [-0.3, -0.25) is 4.79 Å². The van der Waals surface area contributed by atoms with E-state index in [2.05, 4.69) is 16.0 Å². The molecule has 1 fully saturated rings. The van der Waals surface area contributed by atoms with Crippen molar-refractivity contribution in [3.63, 3.8) is 0 Å². The third-order valence-electron chi connectivity index (χ3n) is 5.08. The van der Waals surface area contributed by atoms with E-state index in [0.29, 0.717) is 31.5 Å². The van der Waals surface area contributed by atoms with Crippen LogP contribution in [0.25, 0.3) is 0 Å². The Labute approximate surface area is 178 Å². The molecule has 0 radical (unpaired) electrons. The monoisotopic (exact) mass is 433 g/mol. The van der Waals surface area contributed by atoms with Gasteiger partial charge >= 0.3 is 6.03 Å². The standard InChI is InChI=1S/C22H25F2N3O4/c23-14-5-7-15(8-6-14)26-22(30)27-19-10-9-16(31-20(19)13-28)11-12-25-21(29)17-3-1-2-4-18(17)24/h1-8,16,19-20,28H,9-13H2,(H,25,29)(H2,26,27,30)/t16-,19-,20-/m1/s1. The quantitative estimate of drug-likeness (QED) is 0.540. The summed E-state index contributed by atoms with van der Waals surface area (Å²) in [6.45, 7) is 0.0126. The number of aliphatic hydroxyl groups is 1. The predicted molar refractivity (Wildman–Crippen MR) is 111 cm³/mol. The summed E-state index contributed by atoms with van der Waals surface area (Å²) in [7, 11) is 0. The third-order valence-corrected chi connectivity index (χ3v) is 5.08. The Morgan fingerprint density at radius 1 is 1.06 bits per heavy atom. The number of amides is 3. The van der Waals surface area contributed by atoms with E-state index in [1.807, 2.05) is 0 Å². The summed E-state index contributed by atoms with van der Waals surface area (Å²) in [5, 5.41) is 17.7. The van der Waals surface area contributed by atoms with Crippen LogP contribution in [0.5, 0.6) is 0 Å². The van der Waals surface area contributed by atoms with E-state index < -0.39 is 35.7 Å². The van der Waals surface area contributed by atoms with Crippen LogP contribution in [-0.4, -0.2) is 48.4 Å². The van der Waals surface area contributed by atoms with E-state index in [0.717, 1.165) is 0 Å². The highest BCUT2D eigenvalue weighted by Gasteiger charge is 2.31. The molecule has 166 valence electrons. The first kappa shape index (κ1) is 22.6. The van der Waals surface area contributed by atoms with Gasteiger partial charge in [-0.25, -0.2) is 13.6 Å². The van der Waals surface area contributed by atoms with Gasteiger partial charge in [0.25, 0.3) is 5.91 Å². The van der Waals surface area contributed by atoms with Gasteiger partial charge in [-0.05, 0) is 55.7 Å². The van der Waals surface area contributed by atoms with Crippen LogP contribution in [0, 0.1) is 11.6 Å². The molecule has 9 heteroatoms. The topological polar surface area (TPSA) is 99.7 Å².